The molecule has 4 heterocycles. The number of alkyl halides is 3. The predicted molar refractivity (Wildman–Crippen MR) is 110 cm³/mol. The third kappa shape index (κ3) is 3.72. The van der Waals surface area contributed by atoms with E-state index in [9.17, 15) is 13.2 Å². The van der Waals surface area contributed by atoms with Gasteiger partial charge in [0.05, 0.1) is 11.8 Å². The molecular weight excluding hydrogens is 407 g/mol. The Balaban J connectivity index is 1.52. The number of aryl methyl sites for hydroxylation is 1. The minimum absolute atomic E-state index is 0.0111. The van der Waals surface area contributed by atoms with Crippen molar-refractivity contribution < 1.29 is 13.2 Å². The first kappa shape index (κ1) is 19.2. The lowest BCUT2D eigenvalue weighted by Crippen LogP contribution is -2.11. The van der Waals surface area contributed by atoms with Crippen molar-refractivity contribution in [3.63, 3.8) is 0 Å². The zero-order chi connectivity index (χ0) is 21.4. The molecule has 0 amide bonds. The normalized spacial score (nSPS) is 13.5. The SMILES string of the molecule is FC(F)(F)c1cccnc1-c1cnc2c(Nc3ccc4c(c3)NCCC4)ncnc2n1. The van der Waals surface area contributed by atoms with E-state index in [0.29, 0.717) is 11.3 Å². The topological polar surface area (TPSA) is 88.5 Å². The van der Waals surface area contributed by atoms with E-state index in [1.165, 1.54) is 30.4 Å². The molecule has 156 valence electrons. The monoisotopic (exact) mass is 423 g/mol. The molecular formula is C21H16F3N7. The lowest BCUT2D eigenvalue weighted by molar-refractivity contribution is -0.137. The van der Waals surface area contributed by atoms with Gasteiger partial charge in [0, 0.05) is 24.1 Å². The number of hydrogen-bond donors (Lipinski definition) is 2. The van der Waals surface area contributed by atoms with E-state index in [1.54, 1.807) is 0 Å². The average Bonchev–Trinajstić information content (AvgIpc) is 2.78. The number of aromatic nitrogens is 5. The van der Waals surface area contributed by atoms with Crippen molar-refractivity contribution >= 4 is 28.4 Å². The van der Waals surface area contributed by atoms with E-state index in [-0.39, 0.29) is 17.0 Å². The number of hydrogen-bond acceptors (Lipinski definition) is 7. The minimum atomic E-state index is -4.56. The summed E-state index contributed by atoms with van der Waals surface area (Å²) >= 11 is 0. The maximum absolute atomic E-state index is 13.3. The number of benzene rings is 1. The van der Waals surface area contributed by atoms with E-state index >= 15 is 0 Å². The van der Waals surface area contributed by atoms with Gasteiger partial charge >= 0.3 is 6.18 Å². The van der Waals surface area contributed by atoms with Crippen LogP contribution in [0.2, 0.25) is 0 Å². The van der Waals surface area contributed by atoms with Gasteiger partial charge in [0.2, 0.25) is 0 Å². The molecule has 4 aromatic rings. The van der Waals surface area contributed by atoms with Crippen LogP contribution in [-0.4, -0.2) is 31.5 Å². The van der Waals surface area contributed by atoms with Gasteiger partial charge in [-0.15, -0.1) is 0 Å². The predicted octanol–water partition coefficient (Wildman–Crippen LogP) is 4.60. The Bertz CT molecular complexity index is 1270. The Morgan fingerprint density at radius 1 is 1.03 bits per heavy atom. The van der Waals surface area contributed by atoms with Crippen molar-refractivity contribution in [2.45, 2.75) is 19.0 Å². The lowest BCUT2D eigenvalue weighted by Gasteiger charge is -2.19. The standard InChI is InChI=1S/C21H16F3N7/c22-21(23,24)14-4-2-8-26-17(14)16-10-27-18-19(28-11-29-20(18)31-16)30-13-6-5-12-3-1-7-25-15(12)9-13/h2,4-6,8-11,25H,1,3,7H2,(H,28,29,30,31). The Labute approximate surface area is 174 Å². The third-order valence-corrected chi connectivity index (χ3v) is 5.01. The molecule has 0 unspecified atom stereocenters. The van der Waals surface area contributed by atoms with Crippen LogP contribution >= 0.6 is 0 Å². The fourth-order valence-electron chi connectivity index (χ4n) is 3.56. The van der Waals surface area contributed by atoms with Gasteiger partial charge in [-0.25, -0.2) is 19.9 Å². The summed E-state index contributed by atoms with van der Waals surface area (Å²) < 4.78 is 40.0. The van der Waals surface area contributed by atoms with Crippen molar-refractivity contribution in [2.75, 3.05) is 17.2 Å². The van der Waals surface area contributed by atoms with Crippen LogP contribution in [0.1, 0.15) is 17.5 Å². The number of halogens is 3. The largest absolute Gasteiger partial charge is 0.418 e. The maximum atomic E-state index is 13.3. The van der Waals surface area contributed by atoms with Crippen molar-refractivity contribution in [1.82, 2.24) is 24.9 Å². The highest BCUT2D eigenvalue weighted by Crippen LogP contribution is 2.35. The molecule has 5 rings (SSSR count). The van der Waals surface area contributed by atoms with E-state index in [1.807, 2.05) is 12.1 Å². The van der Waals surface area contributed by atoms with E-state index in [4.69, 9.17) is 0 Å². The van der Waals surface area contributed by atoms with E-state index < -0.39 is 11.7 Å². The van der Waals surface area contributed by atoms with Crippen LogP contribution in [0, 0.1) is 0 Å². The molecule has 1 aromatic carbocycles. The second kappa shape index (κ2) is 7.46. The molecule has 1 aliphatic rings. The van der Waals surface area contributed by atoms with Gasteiger partial charge in [-0.05, 0) is 42.7 Å². The summed E-state index contributed by atoms with van der Waals surface area (Å²) in [6.45, 7) is 0.925. The Kier molecular flexibility index (Phi) is 4.61. The van der Waals surface area contributed by atoms with Crippen LogP contribution in [0.15, 0.2) is 49.1 Å². The van der Waals surface area contributed by atoms with Gasteiger partial charge in [-0.2, -0.15) is 13.2 Å². The van der Waals surface area contributed by atoms with Crippen LogP contribution in [0.4, 0.5) is 30.4 Å². The third-order valence-electron chi connectivity index (χ3n) is 5.01. The van der Waals surface area contributed by atoms with Gasteiger partial charge in [0.1, 0.15) is 17.7 Å². The lowest BCUT2D eigenvalue weighted by atomic mass is 10.0. The van der Waals surface area contributed by atoms with E-state index in [0.717, 1.165) is 36.8 Å². The first-order valence-electron chi connectivity index (χ1n) is 9.63. The fourth-order valence-corrected chi connectivity index (χ4v) is 3.56. The fraction of sp³-hybridized carbons (Fsp3) is 0.190. The summed E-state index contributed by atoms with van der Waals surface area (Å²) in [6.07, 6.45) is 1.40. The Morgan fingerprint density at radius 2 is 1.94 bits per heavy atom. The van der Waals surface area contributed by atoms with Crippen molar-refractivity contribution in [3.8, 4) is 11.4 Å². The maximum Gasteiger partial charge on any atom is 0.418 e. The highest BCUT2D eigenvalue weighted by molar-refractivity contribution is 5.86. The number of nitrogens with zero attached hydrogens (tertiary/aromatic N) is 5. The van der Waals surface area contributed by atoms with Crippen LogP contribution < -0.4 is 10.6 Å². The zero-order valence-electron chi connectivity index (χ0n) is 16.1. The molecule has 0 atom stereocenters. The highest BCUT2D eigenvalue weighted by atomic mass is 19.4. The summed E-state index contributed by atoms with van der Waals surface area (Å²) in [7, 11) is 0. The van der Waals surface area contributed by atoms with Crippen molar-refractivity contribution in [3.05, 3.63) is 60.2 Å². The zero-order valence-corrected chi connectivity index (χ0v) is 16.1. The summed E-state index contributed by atoms with van der Waals surface area (Å²) in [5, 5.41) is 6.57. The molecule has 0 radical (unpaired) electrons. The van der Waals surface area contributed by atoms with Gasteiger partial charge in [-0.3, -0.25) is 4.98 Å². The van der Waals surface area contributed by atoms with Crippen LogP contribution in [0.5, 0.6) is 0 Å². The highest BCUT2D eigenvalue weighted by Gasteiger charge is 2.34. The molecule has 0 saturated carbocycles. The molecule has 0 fully saturated rings. The molecule has 7 nitrogen and oxygen atoms in total. The molecule has 1 aliphatic heterocycles. The van der Waals surface area contributed by atoms with Crippen molar-refractivity contribution in [2.24, 2.45) is 0 Å². The summed E-state index contributed by atoms with van der Waals surface area (Å²) in [5.74, 6) is 0.414. The van der Waals surface area contributed by atoms with E-state index in [2.05, 4.69) is 41.6 Å². The number of anilines is 3. The quantitative estimate of drug-likeness (QED) is 0.498. The first-order valence-corrected chi connectivity index (χ1v) is 9.63. The molecule has 2 N–H and O–H groups in total. The Hall–Kier alpha value is -3.82. The second-order valence-corrected chi connectivity index (χ2v) is 7.07. The van der Waals surface area contributed by atoms with Crippen LogP contribution in [0.3, 0.4) is 0 Å². The molecule has 0 spiro atoms. The first-order chi connectivity index (χ1) is 15.0. The number of pyridine rings is 1. The average molecular weight is 423 g/mol. The van der Waals surface area contributed by atoms with Crippen LogP contribution in [0.25, 0.3) is 22.6 Å². The van der Waals surface area contributed by atoms with Gasteiger partial charge in [0.25, 0.3) is 0 Å². The number of rotatable bonds is 3. The molecule has 3 aromatic heterocycles. The van der Waals surface area contributed by atoms with Crippen molar-refractivity contribution in [1.29, 1.82) is 0 Å². The van der Waals surface area contributed by atoms with Gasteiger partial charge < -0.3 is 10.6 Å². The van der Waals surface area contributed by atoms with Gasteiger partial charge in [-0.1, -0.05) is 6.07 Å². The smallest absolute Gasteiger partial charge is 0.385 e. The molecule has 31 heavy (non-hydrogen) atoms. The second-order valence-electron chi connectivity index (χ2n) is 7.07. The Morgan fingerprint density at radius 3 is 2.81 bits per heavy atom. The van der Waals surface area contributed by atoms with Gasteiger partial charge in [0.15, 0.2) is 17.0 Å². The number of fused-ring (bicyclic) bond motifs is 2. The summed E-state index contributed by atoms with van der Waals surface area (Å²) in [6, 6.07) is 8.19. The molecule has 0 bridgehead atoms. The molecule has 0 aliphatic carbocycles. The molecule has 10 heteroatoms. The molecule has 0 saturated heterocycles. The summed E-state index contributed by atoms with van der Waals surface area (Å²) in [5.41, 5.74) is 2.47. The minimum Gasteiger partial charge on any atom is -0.385 e. The number of nitrogens with one attached hydrogen (secondary N) is 2. The van der Waals surface area contributed by atoms with Crippen LogP contribution in [-0.2, 0) is 12.6 Å². The summed E-state index contributed by atoms with van der Waals surface area (Å²) in [4.78, 5) is 20.7.